The summed E-state index contributed by atoms with van der Waals surface area (Å²) in [6, 6.07) is 9.27. The van der Waals surface area contributed by atoms with Crippen LogP contribution in [0.3, 0.4) is 0 Å². The van der Waals surface area contributed by atoms with Crippen molar-refractivity contribution in [3.05, 3.63) is 53.3 Å². The van der Waals surface area contributed by atoms with E-state index in [1.807, 2.05) is 0 Å². The average molecular weight is 269 g/mol. The van der Waals surface area contributed by atoms with Crippen LogP contribution in [0, 0.1) is 0 Å². The van der Waals surface area contributed by atoms with Crippen LogP contribution in [0.5, 0.6) is 5.75 Å². The summed E-state index contributed by atoms with van der Waals surface area (Å²) in [5.74, 6) is -0.451. The molecule has 1 aromatic heterocycles. The molecule has 5 heteroatoms. The van der Waals surface area contributed by atoms with E-state index in [4.69, 9.17) is 20.5 Å². The molecule has 0 radical (unpaired) electrons. The van der Waals surface area contributed by atoms with Gasteiger partial charge in [-0.05, 0) is 24.3 Å². The molecule has 0 aliphatic heterocycles. The van der Waals surface area contributed by atoms with Gasteiger partial charge in [0.2, 0.25) is 0 Å². The first-order valence-electron chi connectivity index (χ1n) is 6.56. The van der Waals surface area contributed by atoms with Crippen LogP contribution in [0.1, 0.15) is 14.6 Å². The number of carbonyl (C=O) groups excluding carboxylic acids is 1. The minimum Gasteiger partial charge on any atom is -0.495 e. The second kappa shape index (κ2) is 5.51. The Hall–Kier alpha value is -2.07. The number of methoxy groups -OCH3 is 1. The molecule has 0 spiro atoms. The van der Waals surface area contributed by atoms with E-state index < -0.39 is 12.9 Å². The van der Waals surface area contributed by atoms with Crippen LogP contribution in [-0.2, 0) is 0 Å². The minimum atomic E-state index is -2.62. The van der Waals surface area contributed by atoms with Gasteiger partial charge in [0.1, 0.15) is 11.4 Å². The predicted molar refractivity (Wildman–Crippen MR) is 70.2 cm³/mol. The number of halogens is 1. The van der Waals surface area contributed by atoms with Crippen LogP contribution < -0.4 is 10.1 Å². The maximum atomic E-state index is 11.9. The zero-order valence-corrected chi connectivity index (χ0v) is 9.94. The van der Waals surface area contributed by atoms with Gasteiger partial charge < -0.3 is 10.1 Å². The molecule has 1 heterocycles. The Morgan fingerprint density at radius 3 is 3.06 bits per heavy atom. The maximum Gasteiger partial charge on any atom is 0.274 e. The molecule has 0 saturated heterocycles. The fourth-order valence-electron chi connectivity index (χ4n) is 1.35. The Kier molecular flexibility index (Phi) is 2.74. The molecule has 0 bridgehead atoms. The van der Waals surface area contributed by atoms with Crippen molar-refractivity contribution in [3.8, 4) is 5.75 Å². The lowest BCUT2D eigenvalue weighted by molar-refractivity contribution is 0.102. The highest BCUT2D eigenvalue weighted by Crippen LogP contribution is 2.27. The highest BCUT2D eigenvalue weighted by molar-refractivity contribution is 6.32. The predicted octanol–water partition coefficient (Wildman–Crippen LogP) is 3.00. The Morgan fingerprint density at radius 2 is 2.33 bits per heavy atom. The highest BCUT2D eigenvalue weighted by atomic mass is 35.5. The van der Waals surface area contributed by atoms with Gasteiger partial charge in [-0.3, -0.25) is 9.78 Å². The zero-order chi connectivity index (χ0) is 15.5. The molecule has 4 nitrogen and oxygen atoms in total. The standard InChI is InChI=1S/C13H11ClN2O2/c1-18-12-8-9(5-6-10(12)14)16-13(17)11-4-2-3-7-15-11/h2-8H,1H3,(H,16,17)/i1T3. The number of rotatable bonds is 3. The average Bonchev–Trinajstić information content (AvgIpc) is 2.42. The van der Waals surface area contributed by atoms with Crippen molar-refractivity contribution in [1.29, 1.82) is 0 Å². The number of anilines is 1. The van der Waals surface area contributed by atoms with Gasteiger partial charge in [-0.2, -0.15) is 0 Å². The molecule has 0 aliphatic rings. The van der Waals surface area contributed by atoms with Crippen LogP contribution in [0.25, 0.3) is 0 Å². The van der Waals surface area contributed by atoms with Crippen LogP contribution in [-0.4, -0.2) is 17.9 Å². The van der Waals surface area contributed by atoms with Crippen LogP contribution in [0.15, 0.2) is 42.6 Å². The Bertz CT molecular complexity index is 648. The van der Waals surface area contributed by atoms with E-state index in [0.717, 1.165) is 0 Å². The quantitative estimate of drug-likeness (QED) is 0.931. The number of carbonyl (C=O) groups is 1. The van der Waals surface area contributed by atoms with E-state index in [1.54, 1.807) is 18.2 Å². The van der Waals surface area contributed by atoms with Crippen molar-refractivity contribution in [2.24, 2.45) is 0 Å². The zero-order valence-electron chi connectivity index (χ0n) is 12.2. The summed E-state index contributed by atoms with van der Waals surface area (Å²) in [6.07, 6.45) is 1.50. The Labute approximate surface area is 114 Å². The second-order valence-electron chi connectivity index (χ2n) is 3.42. The topological polar surface area (TPSA) is 51.2 Å². The number of amides is 1. The molecule has 1 N–H and O–H groups in total. The van der Waals surface area contributed by atoms with Crippen molar-refractivity contribution in [2.45, 2.75) is 0 Å². The van der Waals surface area contributed by atoms with Gasteiger partial charge in [-0.1, -0.05) is 17.7 Å². The first-order valence-corrected chi connectivity index (χ1v) is 5.44. The summed E-state index contributed by atoms with van der Waals surface area (Å²) in [6.45, 7) is 0. The molecular weight excluding hydrogens is 252 g/mol. The number of pyridine rings is 1. The lowest BCUT2D eigenvalue weighted by Crippen LogP contribution is -2.13. The number of hydrogen-bond donors (Lipinski definition) is 1. The number of nitrogens with zero attached hydrogens (tertiary/aromatic N) is 1. The van der Waals surface area contributed by atoms with E-state index in [0.29, 0.717) is 5.69 Å². The van der Waals surface area contributed by atoms with Gasteiger partial charge in [0, 0.05) is 18.0 Å². The van der Waals surface area contributed by atoms with Gasteiger partial charge in [0.15, 0.2) is 0 Å². The molecule has 0 fully saturated rings. The summed E-state index contributed by atoms with van der Waals surface area (Å²) in [7, 11) is -2.62. The van der Waals surface area contributed by atoms with Crippen molar-refractivity contribution in [1.82, 2.24) is 4.98 Å². The fraction of sp³-hybridized carbons (Fsp3) is 0.0769. The molecular formula is C13H11ClN2O2. The van der Waals surface area contributed by atoms with Crippen LogP contribution in [0.2, 0.25) is 5.02 Å². The Balaban J connectivity index is 2.18. The number of benzene rings is 1. The normalized spacial score (nSPS) is 13.1. The van der Waals surface area contributed by atoms with Crippen molar-refractivity contribution >= 4 is 23.2 Å². The van der Waals surface area contributed by atoms with Gasteiger partial charge in [0.05, 0.1) is 16.2 Å². The van der Waals surface area contributed by atoms with Crippen molar-refractivity contribution in [3.63, 3.8) is 0 Å². The van der Waals surface area contributed by atoms with Gasteiger partial charge in [-0.25, -0.2) is 0 Å². The van der Waals surface area contributed by atoms with E-state index in [2.05, 4.69) is 10.3 Å². The highest BCUT2D eigenvalue weighted by Gasteiger charge is 2.08. The van der Waals surface area contributed by atoms with Gasteiger partial charge >= 0.3 is 0 Å². The molecule has 0 atom stereocenters. The molecule has 0 unspecified atom stereocenters. The second-order valence-corrected chi connectivity index (χ2v) is 3.82. The largest absolute Gasteiger partial charge is 0.495 e. The summed E-state index contributed by atoms with van der Waals surface area (Å²) in [4.78, 5) is 15.9. The summed E-state index contributed by atoms with van der Waals surface area (Å²) in [5.41, 5.74) is 0.597. The van der Waals surface area contributed by atoms with Crippen LogP contribution in [0.4, 0.5) is 5.69 Å². The molecule has 1 aromatic carbocycles. The molecule has 2 aromatic rings. The number of nitrogens with one attached hydrogen (secondary N) is 1. The van der Waals surface area contributed by atoms with Crippen molar-refractivity contribution < 1.29 is 13.6 Å². The number of hydrogen-bond acceptors (Lipinski definition) is 3. The smallest absolute Gasteiger partial charge is 0.274 e. The molecule has 0 saturated carbocycles. The Morgan fingerprint density at radius 1 is 1.44 bits per heavy atom. The van der Waals surface area contributed by atoms with E-state index in [1.165, 1.54) is 24.4 Å². The van der Waals surface area contributed by atoms with Crippen LogP contribution >= 0.6 is 11.6 Å². The third-order valence-electron chi connectivity index (χ3n) is 2.20. The van der Waals surface area contributed by atoms with Crippen molar-refractivity contribution in [2.75, 3.05) is 12.4 Å². The minimum absolute atomic E-state index is 0.0320. The van der Waals surface area contributed by atoms with Gasteiger partial charge in [0.25, 0.3) is 5.91 Å². The third kappa shape index (κ3) is 2.78. The summed E-state index contributed by atoms with van der Waals surface area (Å²) in [5, 5.41) is 2.73. The lowest BCUT2D eigenvalue weighted by atomic mass is 10.2. The molecule has 18 heavy (non-hydrogen) atoms. The molecule has 1 amide bonds. The molecule has 0 aliphatic carbocycles. The van der Waals surface area contributed by atoms with E-state index in [-0.39, 0.29) is 16.5 Å². The van der Waals surface area contributed by atoms with E-state index >= 15 is 0 Å². The summed E-state index contributed by atoms with van der Waals surface area (Å²) >= 11 is 5.86. The summed E-state index contributed by atoms with van der Waals surface area (Å²) < 4.78 is 26.0. The lowest BCUT2D eigenvalue weighted by Gasteiger charge is -2.07. The number of aromatic nitrogens is 1. The third-order valence-corrected chi connectivity index (χ3v) is 2.51. The van der Waals surface area contributed by atoms with E-state index in [9.17, 15) is 4.79 Å². The number of ether oxygens (including phenoxy) is 1. The monoisotopic (exact) mass is 268 g/mol. The maximum absolute atomic E-state index is 11.9. The molecule has 92 valence electrons. The van der Waals surface area contributed by atoms with Gasteiger partial charge in [-0.15, -0.1) is 0 Å². The SMILES string of the molecule is [3H]C([3H])([3H])Oc1cc(NC(=O)c2ccccn2)ccc1Cl. The fourth-order valence-corrected chi connectivity index (χ4v) is 1.51. The first-order chi connectivity index (χ1) is 9.85. The first kappa shape index (κ1) is 8.94. The molecule has 2 rings (SSSR count).